The SMILES string of the molecule is COc1ccc(Cl)cc1CC(=O)c1cc(C)ccn1. The zero-order valence-corrected chi connectivity index (χ0v) is 11.6. The molecular weight excluding hydrogens is 262 g/mol. The van der Waals surface area contributed by atoms with Crippen molar-refractivity contribution in [2.75, 3.05) is 7.11 Å². The highest BCUT2D eigenvalue weighted by atomic mass is 35.5. The van der Waals surface area contributed by atoms with Crippen LogP contribution in [0.1, 0.15) is 21.6 Å². The number of halogens is 1. The van der Waals surface area contributed by atoms with Crippen LogP contribution in [0.3, 0.4) is 0 Å². The maximum Gasteiger partial charge on any atom is 0.185 e. The molecule has 0 radical (unpaired) electrons. The summed E-state index contributed by atoms with van der Waals surface area (Å²) in [6.45, 7) is 1.93. The van der Waals surface area contributed by atoms with Gasteiger partial charge in [0.25, 0.3) is 0 Å². The quantitative estimate of drug-likeness (QED) is 0.802. The first-order chi connectivity index (χ1) is 9.10. The number of carbonyl (C=O) groups excluding carboxylic acids is 1. The minimum absolute atomic E-state index is 0.0516. The van der Waals surface area contributed by atoms with Gasteiger partial charge in [-0.15, -0.1) is 0 Å². The Morgan fingerprint density at radius 1 is 1.32 bits per heavy atom. The normalized spacial score (nSPS) is 10.3. The van der Waals surface area contributed by atoms with Crippen LogP contribution in [0.5, 0.6) is 5.75 Å². The Morgan fingerprint density at radius 2 is 2.11 bits per heavy atom. The van der Waals surface area contributed by atoms with Gasteiger partial charge in [0.15, 0.2) is 5.78 Å². The molecule has 0 N–H and O–H groups in total. The summed E-state index contributed by atoms with van der Waals surface area (Å²) in [5.74, 6) is 0.606. The predicted molar refractivity (Wildman–Crippen MR) is 75.0 cm³/mol. The van der Waals surface area contributed by atoms with Gasteiger partial charge in [-0.1, -0.05) is 11.6 Å². The number of methoxy groups -OCH3 is 1. The van der Waals surface area contributed by atoms with Gasteiger partial charge in [-0.25, -0.2) is 0 Å². The third kappa shape index (κ3) is 3.32. The summed E-state index contributed by atoms with van der Waals surface area (Å²) < 4.78 is 5.23. The fourth-order valence-corrected chi connectivity index (χ4v) is 2.03. The minimum atomic E-state index is -0.0516. The summed E-state index contributed by atoms with van der Waals surface area (Å²) in [6.07, 6.45) is 1.86. The Bertz CT molecular complexity index is 611. The van der Waals surface area contributed by atoms with Crippen LogP contribution in [0.25, 0.3) is 0 Å². The molecule has 98 valence electrons. The van der Waals surface area contributed by atoms with Crippen molar-refractivity contribution in [1.29, 1.82) is 0 Å². The zero-order valence-electron chi connectivity index (χ0n) is 10.8. The lowest BCUT2D eigenvalue weighted by molar-refractivity contribution is 0.0987. The van der Waals surface area contributed by atoms with Crippen molar-refractivity contribution in [2.24, 2.45) is 0 Å². The molecule has 1 aromatic carbocycles. The van der Waals surface area contributed by atoms with Crippen LogP contribution in [0, 0.1) is 6.92 Å². The number of Topliss-reactive ketones (excluding diaryl/α,β-unsaturated/α-hetero) is 1. The van der Waals surface area contributed by atoms with E-state index in [1.54, 1.807) is 37.6 Å². The van der Waals surface area contributed by atoms with Crippen molar-refractivity contribution in [3.63, 3.8) is 0 Å². The van der Waals surface area contributed by atoms with Gasteiger partial charge in [-0.2, -0.15) is 0 Å². The molecule has 0 spiro atoms. The Balaban J connectivity index is 2.26. The summed E-state index contributed by atoms with van der Waals surface area (Å²) in [6, 6.07) is 8.87. The van der Waals surface area contributed by atoms with Gasteiger partial charge in [0.2, 0.25) is 0 Å². The molecule has 0 unspecified atom stereocenters. The average molecular weight is 276 g/mol. The van der Waals surface area contributed by atoms with Gasteiger partial charge in [-0.05, 0) is 42.8 Å². The average Bonchev–Trinajstić information content (AvgIpc) is 2.39. The van der Waals surface area contributed by atoms with Crippen molar-refractivity contribution in [1.82, 2.24) is 4.98 Å². The molecule has 2 aromatic rings. The van der Waals surface area contributed by atoms with E-state index in [0.29, 0.717) is 16.5 Å². The maximum atomic E-state index is 12.2. The van der Waals surface area contributed by atoms with Crippen LogP contribution in [-0.2, 0) is 6.42 Å². The van der Waals surface area contributed by atoms with E-state index in [1.807, 2.05) is 13.0 Å². The third-order valence-electron chi connectivity index (χ3n) is 2.79. The number of hydrogen-bond donors (Lipinski definition) is 0. The molecular formula is C15H14ClNO2. The molecule has 0 saturated carbocycles. The smallest absolute Gasteiger partial charge is 0.185 e. The molecule has 4 heteroatoms. The molecule has 19 heavy (non-hydrogen) atoms. The van der Waals surface area contributed by atoms with Crippen LogP contribution < -0.4 is 4.74 Å². The summed E-state index contributed by atoms with van der Waals surface area (Å²) >= 11 is 5.95. The fraction of sp³-hybridized carbons (Fsp3) is 0.200. The topological polar surface area (TPSA) is 39.2 Å². The number of benzene rings is 1. The Hall–Kier alpha value is -1.87. The molecule has 0 atom stereocenters. The summed E-state index contributed by atoms with van der Waals surface area (Å²) in [5, 5.41) is 0.584. The number of aryl methyl sites for hydroxylation is 1. The predicted octanol–water partition coefficient (Wildman–Crippen LogP) is 3.48. The van der Waals surface area contributed by atoms with Crippen molar-refractivity contribution in [3.05, 3.63) is 58.4 Å². The van der Waals surface area contributed by atoms with Gasteiger partial charge in [0, 0.05) is 23.2 Å². The molecule has 0 amide bonds. The number of rotatable bonds is 4. The molecule has 0 fully saturated rings. The first-order valence-corrected chi connectivity index (χ1v) is 6.26. The third-order valence-corrected chi connectivity index (χ3v) is 3.03. The summed E-state index contributed by atoms with van der Waals surface area (Å²) in [7, 11) is 1.57. The number of carbonyl (C=O) groups is 1. The molecule has 0 aliphatic heterocycles. The van der Waals surface area contributed by atoms with E-state index < -0.39 is 0 Å². The van der Waals surface area contributed by atoms with Crippen molar-refractivity contribution < 1.29 is 9.53 Å². The van der Waals surface area contributed by atoms with Crippen LogP contribution in [-0.4, -0.2) is 17.9 Å². The summed E-state index contributed by atoms with van der Waals surface area (Å²) in [4.78, 5) is 16.3. The molecule has 0 saturated heterocycles. The van der Waals surface area contributed by atoms with Crippen LogP contribution in [0.2, 0.25) is 5.02 Å². The summed E-state index contributed by atoms with van der Waals surface area (Å²) in [5.41, 5.74) is 2.24. The highest BCUT2D eigenvalue weighted by molar-refractivity contribution is 6.30. The Labute approximate surface area is 117 Å². The highest BCUT2D eigenvalue weighted by Gasteiger charge is 2.12. The van der Waals surface area contributed by atoms with Crippen molar-refractivity contribution >= 4 is 17.4 Å². The van der Waals surface area contributed by atoms with Crippen molar-refractivity contribution in [3.8, 4) is 5.75 Å². The lowest BCUT2D eigenvalue weighted by Crippen LogP contribution is -2.07. The number of ketones is 1. The first-order valence-electron chi connectivity index (χ1n) is 5.88. The monoisotopic (exact) mass is 275 g/mol. The first kappa shape index (κ1) is 13.6. The van der Waals surface area contributed by atoms with E-state index in [9.17, 15) is 4.79 Å². The molecule has 0 aliphatic carbocycles. The molecule has 1 heterocycles. The zero-order chi connectivity index (χ0) is 13.8. The second-order valence-corrected chi connectivity index (χ2v) is 4.71. The molecule has 2 rings (SSSR count). The van der Waals surface area contributed by atoms with Crippen molar-refractivity contribution in [2.45, 2.75) is 13.3 Å². The van der Waals surface area contributed by atoms with Gasteiger partial charge >= 0.3 is 0 Å². The number of pyridine rings is 1. The Morgan fingerprint density at radius 3 is 2.79 bits per heavy atom. The van der Waals surface area contributed by atoms with Crippen LogP contribution in [0.15, 0.2) is 36.5 Å². The van der Waals surface area contributed by atoms with Gasteiger partial charge in [-0.3, -0.25) is 9.78 Å². The minimum Gasteiger partial charge on any atom is -0.496 e. The number of nitrogens with zero attached hydrogens (tertiary/aromatic N) is 1. The van der Waals surface area contributed by atoms with Gasteiger partial charge in [0.05, 0.1) is 7.11 Å². The second kappa shape index (κ2) is 5.85. The standard InChI is InChI=1S/C15H14ClNO2/c1-10-5-6-17-13(7-10)14(18)9-11-8-12(16)3-4-15(11)19-2/h3-8H,9H2,1-2H3. The number of aromatic nitrogens is 1. The van der Waals surface area contributed by atoms with E-state index in [1.165, 1.54) is 0 Å². The van der Waals surface area contributed by atoms with E-state index in [2.05, 4.69) is 4.98 Å². The van der Waals surface area contributed by atoms with Gasteiger partial charge in [0.1, 0.15) is 11.4 Å². The highest BCUT2D eigenvalue weighted by Crippen LogP contribution is 2.24. The van der Waals surface area contributed by atoms with E-state index >= 15 is 0 Å². The lowest BCUT2D eigenvalue weighted by atomic mass is 10.0. The molecule has 0 bridgehead atoms. The van der Waals surface area contributed by atoms with E-state index in [4.69, 9.17) is 16.3 Å². The molecule has 0 aliphatic rings. The number of ether oxygens (including phenoxy) is 1. The fourth-order valence-electron chi connectivity index (χ4n) is 1.84. The molecule has 1 aromatic heterocycles. The maximum absolute atomic E-state index is 12.2. The Kier molecular flexibility index (Phi) is 4.17. The van der Waals surface area contributed by atoms with Gasteiger partial charge < -0.3 is 4.74 Å². The van der Waals surface area contributed by atoms with E-state index in [-0.39, 0.29) is 12.2 Å². The molecule has 3 nitrogen and oxygen atoms in total. The number of hydrogen-bond acceptors (Lipinski definition) is 3. The lowest BCUT2D eigenvalue weighted by Gasteiger charge is -2.08. The largest absolute Gasteiger partial charge is 0.496 e. The van der Waals surface area contributed by atoms with Crippen LogP contribution in [0.4, 0.5) is 0 Å². The van der Waals surface area contributed by atoms with E-state index in [0.717, 1.165) is 11.1 Å². The second-order valence-electron chi connectivity index (χ2n) is 4.27. The van der Waals surface area contributed by atoms with Crippen LogP contribution >= 0.6 is 11.6 Å².